The Morgan fingerprint density at radius 1 is 1.23 bits per heavy atom. The molecular formula is C25H28N6O4. The molecule has 0 spiro atoms. The molecule has 3 N–H and O–H groups in total. The monoisotopic (exact) mass is 476 g/mol. The highest BCUT2D eigenvalue weighted by molar-refractivity contribution is 5.83. The lowest BCUT2D eigenvalue weighted by Gasteiger charge is -2.28. The molecule has 0 saturated heterocycles. The average molecular weight is 477 g/mol. The topological polar surface area (TPSA) is 138 Å². The van der Waals surface area contributed by atoms with E-state index in [1.807, 2.05) is 0 Å². The maximum absolute atomic E-state index is 12.3. The summed E-state index contributed by atoms with van der Waals surface area (Å²) in [6, 6.07) is 8.98. The minimum atomic E-state index is -0.876. The van der Waals surface area contributed by atoms with Crippen molar-refractivity contribution in [1.82, 2.24) is 20.6 Å². The molecule has 0 bridgehead atoms. The lowest BCUT2D eigenvalue weighted by atomic mass is 9.86. The van der Waals surface area contributed by atoms with E-state index in [-0.39, 0.29) is 17.9 Å². The standard InChI is InChI=1S/C25H28N6O4/c1-16(35-25(33)27-2)22(32)29-21-6-4-5-17(13-21)7-10-19-15-28-24(31-23(19)34-3)30-20-11-8-18(14-26)9-12-20/h8-9,11-12,15-17,21H,4-6,13H2,1-3H3,(H,27,33)(H,29,32)(H,28,30,31)/t16-,17-,21-/m0/s1. The number of carbonyl (C=O) groups excluding carboxylic acids is 2. The molecule has 2 amide bonds. The van der Waals surface area contributed by atoms with Crippen LogP contribution in [-0.2, 0) is 9.53 Å². The van der Waals surface area contributed by atoms with Crippen molar-refractivity contribution in [3.05, 3.63) is 41.6 Å². The van der Waals surface area contributed by atoms with Crippen molar-refractivity contribution in [2.24, 2.45) is 5.92 Å². The highest BCUT2D eigenvalue weighted by Gasteiger charge is 2.25. The molecule has 1 saturated carbocycles. The number of nitrogens with one attached hydrogen (secondary N) is 3. The van der Waals surface area contributed by atoms with Gasteiger partial charge in [-0.05, 0) is 50.5 Å². The van der Waals surface area contributed by atoms with E-state index in [9.17, 15) is 9.59 Å². The fourth-order valence-electron chi connectivity index (χ4n) is 3.65. The molecular weight excluding hydrogens is 448 g/mol. The van der Waals surface area contributed by atoms with Gasteiger partial charge in [-0.25, -0.2) is 9.78 Å². The molecule has 182 valence electrons. The van der Waals surface area contributed by atoms with E-state index < -0.39 is 12.2 Å². The van der Waals surface area contributed by atoms with Gasteiger partial charge in [0.05, 0.1) is 24.9 Å². The second kappa shape index (κ2) is 12.2. The van der Waals surface area contributed by atoms with Crippen molar-refractivity contribution in [3.63, 3.8) is 0 Å². The summed E-state index contributed by atoms with van der Waals surface area (Å²) in [5, 5.41) is 17.3. The predicted octanol–water partition coefficient (Wildman–Crippen LogP) is 2.87. The zero-order chi connectivity index (χ0) is 25.2. The van der Waals surface area contributed by atoms with Crippen LogP contribution in [0.4, 0.5) is 16.4 Å². The van der Waals surface area contributed by atoms with Gasteiger partial charge in [-0.15, -0.1) is 0 Å². The largest absolute Gasteiger partial charge is 0.480 e. The Bertz CT molecular complexity index is 1150. The number of aromatic nitrogens is 2. The molecule has 3 rings (SSSR count). The highest BCUT2D eigenvalue weighted by Crippen LogP contribution is 2.25. The summed E-state index contributed by atoms with van der Waals surface area (Å²) in [4.78, 5) is 32.3. The number of nitriles is 1. The number of ether oxygens (including phenoxy) is 2. The van der Waals surface area contributed by atoms with Crippen molar-refractivity contribution in [2.45, 2.75) is 44.8 Å². The number of nitrogens with zero attached hydrogens (tertiary/aromatic N) is 3. The Balaban J connectivity index is 1.61. The van der Waals surface area contributed by atoms with Gasteiger partial charge in [0.1, 0.15) is 5.56 Å². The van der Waals surface area contributed by atoms with Crippen LogP contribution in [0.2, 0.25) is 0 Å². The Labute approximate surface area is 204 Å². The number of methoxy groups -OCH3 is 1. The minimum Gasteiger partial charge on any atom is -0.480 e. The van der Waals surface area contributed by atoms with Gasteiger partial charge >= 0.3 is 6.09 Å². The number of carbonyl (C=O) groups is 2. The maximum atomic E-state index is 12.3. The Morgan fingerprint density at radius 3 is 2.69 bits per heavy atom. The van der Waals surface area contributed by atoms with Crippen LogP contribution < -0.4 is 20.7 Å². The lowest BCUT2D eigenvalue weighted by Crippen LogP contribution is -2.44. The first-order valence-corrected chi connectivity index (χ1v) is 11.3. The van der Waals surface area contributed by atoms with Crippen molar-refractivity contribution >= 4 is 23.6 Å². The first kappa shape index (κ1) is 25.3. The summed E-state index contributed by atoms with van der Waals surface area (Å²) < 4.78 is 10.4. The van der Waals surface area contributed by atoms with E-state index in [0.29, 0.717) is 29.4 Å². The molecule has 1 aliphatic rings. The van der Waals surface area contributed by atoms with Gasteiger partial charge in [-0.2, -0.15) is 10.2 Å². The molecule has 35 heavy (non-hydrogen) atoms. The molecule has 2 aromatic rings. The van der Waals surface area contributed by atoms with Crippen LogP contribution in [0.25, 0.3) is 0 Å². The quantitative estimate of drug-likeness (QED) is 0.541. The Kier molecular flexibility index (Phi) is 8.85. The van der Waals surface area contributed by atoms with Crippen molar-refractivity contribution in [1.29, 1.82) is 5.26 Å². The fraction of sp³-hybridized carbons (Fsp3) is 0.400. The van der Waals surface area contributed by atoms with Crippen LogP contribution in [-0.4, -0.2) is 48.3 Å². The summed E-state index contributed by atoms with van der Waals surface area (Å²) in [6.45, 7) is 1.54. The second-order valence-corrected chi connectivity index (χ2v) is 8.07. The van der Waals surface area contributed by atoms with Gasteiger partial charge in [-0.3, -0.25) is 4.79 Å². The lowest BCUT2D eigenvalue weighted by molar-refractivity contribution is -0.129. The number of hydrogen-bond donors (Lipinski definition) is 3. The van der Waals surface area contributed by atoms with E-state index >= 15 is 0 Å². The highest BCUT2D eigenvalue weighted by atomic mass is 16.6. The van der Waals surface area contributed by atoms with Gasteiger partial charge in [0, 0.05) is 24.7 Å². The third-order valence-electron chi connectivity index (χ3n) is 5.51. The van der Waals surface area contributed by atoms with Crippen LogP contribution in [0.15, 0.2) is 30.5 Å². The normalized spacial score (nSPS) is 17.5. The number of amides is 2. The maximum Gasteiger partial charge on any atom is 0.407 e. The van der Waals surface area contributed by atoms with E-state index in [4.69, 9.17) is 14.7 Å². The number of alkyl carbamates (subject to hydrolysis) is 1. The van der Waals surface area contributed by atoms with E-state index in [1.54, 1.807) is 30.5 Å². The number of rotatable bonds is 6. The van der Waals surface area contributed by atoms with E-state index in [0.717, 1.165) is 24.9 Å². The summed E-state index contributed by atoms with van der Waals surface area (Å²) in [5.41, 5.74) is 1.88. The smallest absolute Gasteiger partial charge is 0.407 e. The fourth-order valence-corrected chi connectivity index (χ4v) is 3.65. The molecule has 1 fully saturated rings. The van der Waals surface area contributed by atoms with Crippen molar-refractivity contribution in [2.75, 3.05) is 19.5 Å². The number of hydrogen-bond acceptors (Lipinski definition) is 8. The molecule has 1 aromatic heterocycles. The molecule has 1 heterocycles. The molecule has 0 aliphatic heterocycles. The predicted molar refractivity (Wildman–Crippen MR) is 129 cm³/mol. The third kappa shape index (κ3) is 7.34. The first-order chi connectivity index (χ1) is 16.9. The molecule has 1 aromatic carbocycles. The molecule has 10 heteroatoms. The van der Waals surface area contributed by atoms with Gasteiger partial charge in [0.25, 0.3) is 5.91 Å². The molecule has 1 aliphatic carbocycles. The van der Waals surface area contributed by atoms with Crippen LogP contribution in [0.5, 0.6) is 5.88 Å². The average Bonchev–Trinajstić information content (AvgIpc) is 2.88. The first-order valence-electron chi connectivity index (χ1n) is 11.3. The van der Waals surface area contributed by atoms with Gasteiger partial charge < -0.3 is 25.4 Å². The Hall–Kier alpha value is -4.31. The number of anilines is 2. The Morgan fingerprint density at radius 2 is 2.00 bits per heavy atom. The van der Waals surface area contributed by atoms with Crippen molar-refractivity contribution in [3.8, 4) is 23.8 Å². The van der Waals surface area contributed by atoms with Crippen LogP contribution in [0.1, 0.15) is 43.7 Å². The van der Waals surface area contributed by atoms with Crippen LogP contribution in [0.3, 0.4) is 0 Å². The molecule has 10 nitrogen and oxygen atoms in total. The third-order valence-corrected chi connectivity index (χ3v) is 5.51. The SMILES string of the molecule is CNC(=O)O[C@@H](C)C(=O)N[C@H]1CCC[C@@H](C#Cc2cnc(Nc3ccc(C#N)cc3)nc2OC)C1. The zero-order valence-corrected chi connectivity index (χ0v) is 19.9. The summed E-state index contributed by atoms with van der Waals surface area (Å²) in [7, 11) is 2.96. The van der Waals surface area contributed by atoms with E-state index in [2.05, 4.69) is 43.8 Å². The van der Waals surface area contributed by atoms with Crippen molar-refractivity contribution < 1.29 is 19.1 Å². The van der Waals surface area contributed by atoms with Gasteiger partial charge in [0.15, 0.2) is 6.10 Å². The summed E-state index contributed by atoms with van der Waals surface area (Å²) >= 11 is 0. The number of benzene rings is 1. The molecule has 0 unspecified atom stereocenters. The van der Waals surface area contributed by atoms with Crippen LogP contribution >= 0.6 is 0 Å². The summed E-state index contributed by atoms with van der Waals surface area (Å²) in [5.74, 6) is 6.84. The minimum absolute atomic E-state index is 0.0385. The molecule has 0 radical (unpaired) electrons. The second-order valence-electron chi connectivity index (χ2n) is 8.07. The van der Waals surface area contributed by atoms with Gasteiger partial charge in [0.2, 0.25) is 11.8 Å². The zero-order valence-electron chi connectivity index (χ0n) is 19.9. The summed E-state index contributed by atoms with van der Waals surface area (Å²) in [6.07, 6.45) is 3.48. The van der Waals surface area contributed by atoms with E-state index in [1.165, 1.54) is 21.1 Å². The van der Waals surface area contributed by atoms with Gasteiger partial charge in [-0.1, -0.05) is 18.3 Å². The van der Waals surface area contributed by atoms with Crippen LogP contribution in [0, 0.1) is 29.1 Å². The molecule has 3 atom stereocenters.